The van der Waals surface area contributed by atoms with Gasteiger partial charge in [-0.1, -0.05) is 55.4 Å². The maximum Gasteiger partial charge on any atom is 0.335 e. The van der Waals surface area contributed by atoms with Crippen molar-refractivity contribution in [3.8, 4) is 0 Å². The molecular weight excluding hydrogens is 368 g/mol. The van der Waals surface area contributed by atoms with E-state index in [0.717, 1.165) is 0 Å². The van der Waals surface area contributed by atoms with Crippen LogP contribution in [0.2, 0.25) is 22.2 Å². The van der Waals surface area contributed by atoms with Gasteiger partial charge in [-0.15, -0.1) is 0 Å². The van der Waals surface area contributed by atoms with Crippen LogP contribution in [-0.2, 0) is 27.2 Å². The first kappa shape index (κ1) is 22.2. The number of methoxy groups -OCH3 is 1. The average molecular weight is 405 g/mol. The minimum atomic E-state index is -2.77. The molecule has 3 atom stereocenters. The van der Waals surface area contributed by atoms with Crippen molar-refractivity contribution in [2.75, 3.05) is 13.7 Å². The molecule has 0 bridgehead atoms. The van der Waals surface area contributed by atoms with Crippen molar-refractivity contribution >= 4 is 22.9 Å². The van der Waals surface area contributed by atoms with Crippen molar-refractivity contribution in [3.05, 3.63) is 0 Å². The van der Waals surface area contributed by atoms with Crippen LogP contribution >= 0.6 is 0 Å². The Labute approximate surface area is 160 Å². The third-order valence-corrected chi connectivity index (χ3v) is 15.9. The molecule has 0 spiro atoms. The molecule has 2 aliphatic rings. The molecule has 2 saturated heterocycles. The van der Waals surface area contributed by atoms with Crippen molar-refractivity contribution in [1.82, 2.24) is 0 Å². The molecule has 0 unspecified atom stereocenters. The second kappa shape index (κ2) is 8.10. The number of ketones is 1. The fraction of sp³-hybridized carbons (Fsp3) is 0.944. The van der Waals surface area contributed by atoms with Crippen molar-refractivity contribution in [2.24, 2.45) is 0 Å². The molecule has 26 heavy (non-hydrogen) atoms. The second-order valence-electron chi connectivity index (χ2n) is 8.66. The average Bonchev–Trinajstić information content (AvgIpc) is 2.81. The molecule has 0 saturated carbocycles. The molecule has 0 aromatic heterocycles. The van der Waals surface area contributed by atoms with Crippen molar-refractivity contribution in [3.63, 3.8) is 0 Å². The topological polar surface area (TPSA) is 63.2 Å². The Bertz CT molecular complexity index is 492. The predicted octanol–water partition coefficient (Wildman–Crippen LogP) is 3.88. The van der Waals surface area contributed by atoms with Crippen LogP contribution in [0.15, 0.2) is 0 Å². The predicted molar refractivity (Wildman–Crippen MR) is 104 cm³/mol. The third-order valence-electron chi connectivity index (χ3n) is 5.69. The van der Waals surface area contributed by atoms with E-state index in [1.165, 1.54) is 7.11 Å². The molecule has 0 amide bonds. The van der Waals surface area contributed by atoms with E-state index in [0.29, 0.717) is 6.61 Å². The van der Waals surface area contributed by atoms with Crippen LogP contribution in [0.25, 0.3) is 0 Å². The zero-order valence-corrected chi connectivity index (χ0v) is 19.7. The van der Waals surface area contributed by atoms with E-state index in [-0.39, 0.29) is 27.9 Å². The standard InChI is InChI=1S/C18H36O6Si2/c1-11(2)25(12(3)4)21-10-15-17(16(19)18(20-9)22-15)23-26(24-25,13(5)6)14(7)8/h11-15,17-18H,10H2,1-9H3/t15-,17-,18+/m1/s1. The van der Waals surface area contributed by atoms with E-state index >= 15 is 0 Å². The summed E-state index contributed by atoms with van der Waals surface area (Å²) in [6.45, 7) is 17.5. The summed E-state index contributed by atoms with van der Waals surface area (Å²) in [4.78, 5) is 12.7. The second-order valence-corrected chi connectivity index (χ2v) is 17.5. The lowest BCUT2D eigenvalue weighted by atomic mass is 10.2. The number of hydrogen-bond acceptors (Lipinski definition) is 6. The van der Waals surface area contributed by atoms with Gasteiger partial charge < -0.3 is 22.4 Å². The van der Waals surface area contributed by atoms with Crippen LogP contribution in [0.1, 0.15) is 55.4 Å². The fourth-order valence-corrected chi connectivity index (χ4v) is 15.3. The summed E-state index contributed by atoms with van der Waals surface area (Å²) >= 11 is 0. The van der Waals surface area contributed by atoms with Gasteiger partial charge in [0.1, 0.15) is 12.2 Å². The van der Waals surface area contributed by atoms with Crippen LogP contribution in [0.4, 0.5) is 0 Å². The van der Waals surface area contributed by atoms with Crippen molar-refractivity contribution < 1.29 is 27.2 Å². The molecule has 6 nitrogen and oxygen atoms in total. The minimum Gasteiger partial charge on any atom is -0.414 e. The molecule has 0 aromatic carbocycles. The Morgan fingerprint density at radius 2 is 1.42 bits per heavy atom. The lowest BCUT2D eigenvalue weighted by Gasteiger charge is -2.50. The molecule has 0 N–H and O–H groups in total. The van der Waals surface area contributed by atoms with Crippen LogP contribution in [0, 0.1) is 0 Å². The van der Waals surface area contributed by atoms with Gasteiger partial charge in [0.25, 0.3) is 0 Å². The quantitative estimate of drug-likeness (QED) is 0.648. The molecule has 8 heteroatoms. The molecule has 0 aromatic rings. The smallest absolute Gasteiger partial charge is 0.335 e. The van der Waals surface area contributed by atoms with E-state index in [2.05, 4.69) is 55.4 Å². The van der Waals surface area contributed by atoms with E-state index in [9.17, 15) is 4.79 Å². The summed E-state index contributed by atoms with van der Waals surface area (Å²) in [7, 11) is -3.88. The lowest BCUT2D eigenvalue weighted by Crippen LogP contribution is -2.65. The number of carbonyl (C=O) groups is 1. The van der Waals surface area contributed by atoms with Crippen molar-refractivity contribution in [2.45, 2.75) is 96.1 Å². The Hall–Kier alpha value is -0.0962. The molecule has 2 fully saturated rings. The van der Waals surface area contributed by atoms with E-state index in [1.807, 2.05) is 0 Å². The Morgan fingerprint density at radius 3 is 1.85 bits per heavy atom. The van der Waals surface area contributed by atoms with E-state index in [1.54, 1.807) is 0 Å². The van der Waals surface area contributed by atoms with Crippen molar-refractivity contribution in [1.29, 1.82) is 0 Å². The SMILES string of the molecule is CO[C@H]1O[C@@H]2CO[Si](C(C)C)(C(C)C)O[Si](C(C)C)(C(C)C)O[C@H]2C1=O. The first-order chi connectivity index (χ1) is 12.0. The van der Waals surface area contributed by atoms with E-state index < -0.39 is 35.6 Å². The van der Waals surface area contributed by atoms with Crippen LogP contribution in [-0.4, -0.2) is 55.1 Å². The molecule has 0 aliphatic carbocycles. The maximum atomic E-state index is 12.7. The number of carbonyl (C=O) groups excluding carboxylic acids is 1. The van der Waals surface area contributed by atoms with Gasteiger partial charge in [-0.25, -0.2) is 0 Å². The van der Waals surface area contributed by atoms with Gasteiger partial charge in [0, 0.05) is 7.11 Å². The Balaban J connectivity index is 2.54. The number of Topliss-reactive ketones (excluding diaryl/α,β-unsaturated/α-hetero) is 1. The number of hydrogen-bond donors (Lipinski definition) is 0. The Kier molecular flexibility index (Phi) is 6.92. The van der Waals surface area contributed by atoms with Crippen LogP contribution in [0.3, 0.4) is 0 Å². The molecular formula is C18H36O6Si2. The molecule has 2 aliphatic heterocycles. The van der Waals surface area contributed by atoms with E-state index in [4.69, 9.17) is 22.4 Å². The maximum absolute atomic E-state index is 12.7. The van der Waals surface area contributed by atoms with Gasteiger partial charge in [0.05, 0.1) is 6.61 Å². The fourth-order valence-electron chi connectivity index (χ4n) is 4.17. The zero-order chi connectivity index (χ0) is 19.9. The zero-order valence-electron chi connectivity index (χ0n) is 17.7. The van der Waals surface area contributed by atoms with Gasteiger partial charge in [-0.3, -0.25) is 4.79 Å². The highest BCUT2D eigenvalue weighted by Crippen LogP contribution is 2.46. The van der Waals surface area contributed by atoms with Gasteiger partial charge in [0.2, 0.25) is 12.1 Å². The molecule has 2 heterocycles. The minimum absolute atomic E-state index is 0.161. The highest BCUT2D eigenvalue weighted by molar-refractivity contribution is 6.84. The van der Waals surface area contributed by atoms with Crippen LogP contribution in [0.5, 0.6) is 0 Å². The number of fused-ring (bicyclic) bond motifs is 1. The Morgan fingerprint density at radius 1 is 0.923 bits per heavy atom. The summed E-state index contributed by atoms with van der Waals surface area (Å²) < 4.78 is 31.3. The summed E-state index contributed by atoms with van der Waals surface area (Å²) in [6.07, 6.45) is -2.00. The van der Waals surface area contributed by atoms with Gasteiger partial charge in [0.15, 0.2) is 0 Å². The molecule has 152 valence electrons. The first-order valence-electron chi connectivity index (χ1n) is 9.75. The number of rotatable bonds is 5. The molecule has 0 radical (unpaired) electrons. The van der Waals surface area contributed by atoms with Crippen LogP contribution < -0.4 is 0 Å². The monoisotopic (exact) mass is 404 g/mol. The molecule has 2 rings (SSSR count). The van der Waals surface area contributed by atoms with Gasteiger partial charge in [-0.2, -0.15) is 0 Å². The largest absolute Gasteiger partial charge is 0.414 e. The first-order valence-corrected chi connectivity index (χ1v) is 13.7. The van der Waals surface area contributed by atoms with Gasteiger partial charge in [-0.05, 0) is 22.2 Å². The summed E-state index contributed by atoms with van der Waals surface area (Å²) in [6, 6.07) is 0. The highest BCUT2D eigenvalue weighted by Gasteiger charge is 2.61. The lowest BCUT2D eigenvalue weighted by molar-refractivity contribution is -0.152. The normalized spacial score (nSPS) is 31.6. The summed E-state index contributed by atoms with van der Waals surface area (Å²) in [5.74, 6) is -0.161. The summed E-state index contributed by atoms with van der Waals surface area (Å²) in [5, 5.41) is 0. The number of ether oxygens (including phenoxy) is 2. The summed E-state index contributed by atoms with van der Waals surface area (Å²) in [5.41, 5.74) is 0.900. The third kappa shape index (κ3) is 3.61. The van der Waals surface area contributed by atoms with Gasteiger partial charge >= 0.3 is 17.1 Å². The highest BCUT2D eigenvalue weighted by atomic mass is 28.5.